The Morgan fingerprint density at radius 1 is 1.23 bits per heavy atom. The number of carbonyl (C=O) groups excluding carboxylic acids is 2. The number of anilines is 1. The van der Waals surface area contributed by atoms with Gasteiger partial charge in [-0.25, -0.2) is 0 Å². The molecule has 3 unspecified atom stereocenters. The number of carboxylic acid groups (broad SMARTS) is 1. The fraction of sp³-hybridized carbons (Fsp3) is 0.438. The lowest BCUT2D eigenvalue weighted by atomic mass is 10.2. The first-order valence-electron chi connectivity index (χ1n) is 14.8. The number of thiazole rings is 1. The minimum absolute atomic E-state index is 0.00176. The van der Waals surface area contributed by atoms with Crippen LogP contribution in [0.3, 0.4) is 0 Å². The normalized spacial score (nSPS) is 18.6. The van der Waals surface area contributed by atoms with E-state index in [0.29, 0.717) is 18.9 Å². The molecule has 1 aliphatic heterocycles. The Morgan fingerprint density at radius 3 is 2.70 bits per heavy atom. The van der Waals surface area contributed by atoms with Crippen LogP contribution in [0.5, 0.6) is 5.75 Å². The van der Waals surface area contributed by atoms with Crippen molar-refractivity contribution in [1.82, 2.24) is 9.88 Å². The quantitative estimate of drug-likeness (QED) is 0.147. The molecule has 2 heterocycles. The molecule has 12 heteroatoms. The van der Waals surface area contributed by atoms with Crippen LogP contribution >= 0.6 is 27.3 Å². The summed E-state index contributed by atoms with van der Waals surface area (Å²) < 4.78 is 7.10. The summed E-state index contributed by atoms with van der Waals surface area (Å²) in [6.45, 7) is 2.91. The topological polar surface area (TPSA) is 155 Å². The summed E-state index contributed by atoms with van der Waals surface area (Å²) >= 11 is 4.56. The third-order valence-corrected chi connectivity index (χ3v) is 8.65. The minimum Gasteiger partial charge on any atom is -0.497 e. The van der Waals surface area contributed by atoms with Crippen LogP contribution in [0.15, 0.2) is 63.9 Å². The third kappa shape index (κ3) is 11.1. The van der Waals surface area contributed by atoms with Crippen LogP contribution in [0.2, 0.25) is 0 Å². The van der Waals surface area contributed by atoms with Gasteiger partial charge in [-0.2, -0.15) is 0 Å². The van der Waals surface area contributed by atoms with Crippen molar-refractivity contribution in [3.05, 3.63) is 68.8 Å². The highest BCUT2D eigenvalue weighted by molar-refractivity contribution is 9.10. The smallest absolute Gasteiger partial charge is 0.307 e. The Kier molecular flexibility index (Phi) is 13.9. The van der Waals surface area contributed by atoms with Crippen molar-refractivity contribution < 1.29 is 24.2 Å². The van der Waals surface area contributed by atoms with Crippen LogP contribution in [0.4, 0.5) is 5.69 Å². The third-order valence-electron chi connectivity index (χ3n) is 7.31. The molecule has 2 aromatic carbocycles. The number of likely N-dealkylation sites (tertiary alicyclic amines) is 1. The number of allylic oxidation sites excluding steroid dienone is 2. The first-order chi connectivity index (χ1) is 21.1. The molecule has 5 rings (SSSR count). The Labute approximate surface area is 269 Å². The molecule has 238 valence electrons. The number of nitrogens with two attached hydrogens (primary N) is 1. The van der Waals surface area contributed by atoms with Gasteiger partial charge < -0.3 is 30.8 Å². The van der Waals surface area contributed by atoms with Gasteiger partial charge in [-0.15, -0.1) is 0 Å². The van der Waals surface area contributed by atoms with Gasteiger partial charge in [-0.3, -0.25) is 19.2 Å². The number of carbonyl (C=O) groups is 3. The van der Waals surface area contributed by atoms with Crippen LogP contribution in [0, 0.1) is 11.8 Å². The highest BCUT2D eigenvalue weighted by Gasteiger charge is 2.40. The molecule has 3 atom stereocenters. The second-order valence-electron chi connectivity index (χ2n) is 10.7. The number of primary amides is 1. The number of hydrogen-bond donors (Lipinski definition) is 4. The number of hydrogen-bond acceptors (Lipinski definition) is 7. The number of amides is 2. The van der Waals surface area contributed by atoms with E-state index < -0.39 is 17.9 Å². The number of carboxylic acids is 1. The number of benzene rings is 2. The summed E-state index contributed by atoms with van der Waals surface area (Å²) in [4.78, 5) is 49.0. The van der Waals surface area contributed by atoms with Gasteiger partial charge in [-0.1, -0.05) is 65.3 Å². The van der Waals surface area contributed by atoms with Crippen molar-refractivity contribution in [1.29, 1.82) is 0 Å². The Morgan fingerprint density at radius 2 is 2.02 bits per heavy atom. The molecule has 44 heavy (non-hydrogen) atoms. The summed E-state index contributed by atoms with van der Waals surface area (Å²) in [6.07, 6.45) is 11.4. The zero-order valence-corrected chi connectivity index (χ0v) is 27.5. The highest BCUT2D eigenvalue weighted by atomic mass is 79.9. The maximum Gasteiger partial charge on any atom is 0.307 e. The first-order valence-corrected chi connectivity index (χ1v) is 16.4. The van der Waals surface area contributed by atoms with Gasteiger partial charge in [-0.05, 0) is 68.4 Å². The molecule has 1 saturated heterocycles. The second-order valence-corrected chi connectivity index (χ2v) is 12.6. The number of nitrogens with zero attached hydrogens (tertiary/aromatic N) is 1. The number of rotatable bonds is 11. The average Bonchev–Trinajstić information content (AvgIpc) is 3.43. The Balaban J connectivity index is 0.000000191. The molecule has 2 fully saturated rings. The minimum atomic E-state index is -0.636. The lowest BCUT2D eigenvalue weighted by molar-refractivity contribution is -0.138. The van der Waals surface area contributed by atoms with E-state index in [-0.39, 0.29) is 23.2 Å². The van der Waals surface area contributed by atoms with E-state index >= 15 is 0 Å². The van der Waals surface area contributed by atoms with Gasteiger partial charge in [0.2, 0.25) is 11.8 Å². The van der Waals surface area contributed by atoms with Gasteiger partial charge in [0.1, 0.15) is 11.8 Å². The molecule has 10 nitrogen and oxygen atoms in total. The summed E-state index contributed by atoms with van der Waals surface area (Å²) in [7, 11) is 1.59. The largest absolute Gasteiger partial charge is 0.497 e. The van der Waals surface area contributed by atoms with Gasteiger partial charge in [0, 0.05) is 22.8 Å². The van der Waals surface area contributed by atoms with Crippen LogP contribution < -0.4 is 20.7 Å². The van der Waals surface area contributed by atoms with Crippen LogP contribution in [-0.2, 0) is 14.4 Å². The highest BCUT2D eigenvalue weighted by Crippen LogP contribution is 2.39. The zero-order valence-electron chi connectivity index (χ0n) is 25.1. The van der Waals surface area contributed by atoms with E-state index in [2.05, 4.69) is 45.3 Å². The van der Waals surface area contributed by atoms with Crippen molar-refractivity contribution >= 4 is 61.0 Å². The molecule has 1 aromatic heterocycles. The van der Waals surface area contributed by atoms with Crippen molar-refractivity contribution in [3.8, 4) is 5.75 Å². The van der Waals surface area contributed by atoms with Gasteiger partial charge >= 0.3 is 10.8 Å². The van der Waals surface area contributed by atoms with Crippen LogP contribution in [-0.4, -0.2) is 59.0 Å². The molecule has 0 bridgehead atoms. The lowest BCUT2D eigenvalue weighted by Gasteiger charge is -2.22. The molecule has 2 aliphatic rings. The lowest BCUT2D eigenvalue weighted by Crippen LogP contribution is -2.45. The molecule has 1 aliphatic carbocycles. The molecular formula is C32H41BrN4O6S. The molecule has 0 spiro atoms. The summed E-state index contributed by atoms with van der Waals surface area (Å²) in [5.41, 5.74) is 7.01. The molecule has 3 aromatic rings. The molecule has 0 radical (unpaired) electrons. The van der Waals surface area contributed by atoms with Crippen molar-refractivity contribution in [2.24, 2.45) is 17.6 Å². The fourth-order valence-corrected chi connectivity index (χ4v) is 6.08. The predicted octanol–water partition coefficient (Wildman–Crippen LogP) is 5.78. The Bertz CT molecular complexity index is 1490. The zero-order chi connectivity index (χ0) is 32.1. The number of aromatic amines is 1. The van der Waals surface area contributed by atoms with E-state index in [0.717, 1.165) is 45.4 Å². The SMILES string of the molecule is CCCCC/C=C\C1CC1C(=O)O.COc1cccc(NCC(=O)N2CCCC2C(N)=O)c1.O=c1[nH]c2ccc(Br)cc2s1. The number of aliphatic carboxylic acids is 1. The number of unbranched alkanes of at least 4 members (excludes halogenated alkanes) is 3. The van der Waals surface area contributed by atoms with E-state index in [1.54, 1.807) is 12.0 Å². The number of aromatic nitrogens is 1. The van der Waals surface area contributed by atoms with Crippen LogP contribution in [0.1, 0.15) is 51.9 Å². The number of halogens is 1. The summed E-state index contributed by atoms with van der Waals surface area (Å²) in [5.74, 6) is -0.213. The number of methoxy groups -OCH3 is 1. The number of nitrogens with one attached hydrogen (secondary N) is 2. The van der Waals surface area contributed by atoms with E-state index in [9.17, 15) is 19.2 Å². The fourth-order valence-electron chi connectivity index (χ4n) is 4.79. The van der Waals surface area contributed by atoms with Crippen molar-refractivity contribution in [2.75, 3.05) is 25.5 Å². The summed E-state index contributed by atoms with van der Waals surface area (Å²) in [6, 6.07) is 12.6. The average molecular weight is 690 g/mol. The van der Waals surface area contributed by atoms with Crippen molar-refractivity contribution in [3.63, 3.8) is 0 Å². The number of ether oxygens (including phenoxy) is 1. The molecular weight excluding hydrogens is 648 g/mol. The standard InChI is InChI=1S/C14H19N3O3.C11H18O2.C7H4BrNOS/c1-20-11-5-2-4-10(8-11)16-9-13(18)17-7-3-6-12(17)14(15)19;1-2-3-4-5-6-7-9-8-10(9)11(12)13;8-4-1-2-5-6(3-4)11-7(10)9-5/h2,4-5,8,12,16H,3,6-7,9H2,1H3,(H2,15,19);6-7,9-10H,2-5,8H2,1H3,(H,12,13);1-3H,(H,9,10)/b;7-6-;. The first kappa shape index (κ1) is 34.8. The van der Waals surface area contributed by atoms with E-state index in [1.165, 1.54) is 30.6 Å². The number of fused-ring (bicyclic) bond motifs is 1. The van der Waals surface area contributed by atoms with Gasteiger partial charge in [0.15, 0.2) is 0 Å². The van der Waals surface area contributed by atoms with Crippen molar-refractivity contribution in [2.45, 2.75) is 57.9 Å². The van der Waals surface area contributed by atoms with E-state index in [1.807, 2.05) is 42.5 Å². The van der Waals surface area contributed by atoms with Gasteiger partial charge in [0.05, 0.1) is 29.8 Å². The molecule has 1 saturated carbocycles. The predicted molar refractivity (Wildman–Crippen MR) is 178 cm³/mol. The van der Waals surface area contributed by atoms with E-state index in [4.69, 9.17) is 15.6 Å². The van der Waals surface area contributed by atoms with Crippen LogP contribution in [0.25, 0.3) is 10.2 Å². The monoisotopic (exact) mass is 688 g/mol. The second kappa shape index (κ2) is 17.6. The number of H-pyrrole nitrogens is 1. The maximum absolute atomic E-state index is 12.1. The van der Waals surface area contributed by atoms with Gasteiger partial charge in [0.25, 0.3) is 0 Å². The molecule has 2 amide bonds. The maximum atomic E-state index is 12.1. The summed E-state index contributed by atoms with van der Waals surface area (Å²) in [5, 5.41) is 11.7. The Hall–Kier alpha value is -3.64. The molecule has 5 N–H and O–H groups in total.